The number of nitrogens with one attached hydrogen (secondary N) is 1. The fourth-order valence-corrected chi connectivity index (χ4v) is 2.73. The molecular weight excluding hydrogens is 393 g/mol. The highest BCUT2D eigenvalue weighted by Gasteiger charge is 1.99. The number of nitrogens with zero attached hydrogens (tertiary/aromatic N) is 1. The SMILES string of the molecule is Cc1ccc(CN=C(N)NCCc2cccs2)c(C)c1.I. The van der Waals surface area contributed by atoms with E-state index in [1.54, 1.807) is 11.3 Å². The second-order valence-electron chi connectivity index (χ2n) is 4.89. The molecule has 0 saturated heterocycles. The molecule has 3 N–H and O–H groups in total. The van der Waals surface area contributed by atoms with Gasteiger partial charge in [0.1, 0.15) is 0 Å². The van der Waals surface area contributed by atoms with Crippen molar-refractivity contribution in [2.45, 2.75) is 26.8 Å². The van der Waals surface area contributed by atoms with Crippen molar-refractivity contribution in [1.82, 2.24) is 5.32 Å². The molecule has 2 rings (SSSR count). The minimum Gasteiger partial charge on any atom is -0.370 e. The Hall–Kier alpha value is -1.08. The molecule has 0 bridgehead atoms. The number of thiophene rings is 1. The van der Waals surface area contributed by atoms with Crippen LogP contribution in [-0.4, -0.2) is 12.5 Å². The number of aryl methyl sites for hydroxylation is 2. The lowest BCUT2D eigenvalue weighted by atomic mass is 10.1. The van der Waals surface area contributed by atoms with Crippen molar-refractivity contribution in [3.8, 4) is 0 Å². The third kappa shape index (κ3) is 6.05. The van der Waals surface area contributed by atoms with E-state index in [9.17, 15) is 0 Å². The predicted molar refractivity (Wildman–Crippen MR) is 103 cm³/mol. The van der Waals surface area contributed by atoms with Crippen LogP contribution >= 0.6 is 35.3 Å². The van der Waals surface area contributed by atoms with Crippen molar-refractivity contribution in [3.63, 3.8) is 0 Å². The van der Waals surface area contributed by atoms with Crippen LogP contribution in [0.5, 0.6) is 0 Å². The van der Waals surface area contributed by atoms with Gasteiger partial charge in [-0.3, -0.25) is 0 Å². The van der Waals surface area contributed by atoms with Gasteiger partial charge in [-0.25, -0.2) is 4.99 Å². The molecule has 0 aliphatic rings. The molecule has 1 aromatic carbocycles. The van der Waals surface area contributed by atoms with Crippen LogP contribution in [0, 0.1) is 13.8 Å². The van der Waals surface area contributed by atoms with Gasteiger partial charge in [-0.05, 0) is 42.8 Å². The Morgan fingerprint density at radius 3 is 2.76 bits per heavy atom. The van der Waals surface area contributed by atoms with E-state index in [0.29, 0.717) is 12.5 Å². The monoisotopic (exact) mass is 415 g/mol. The van der Waals surface area contributed by atoms with Gasteiger partial charge in [0.25, 0.3) is 0 Å². The lowest BCUT2D eigenvalue weighted by Crippen LogP contribution is -2.33. The van der Waals surface area contributed by atoms with Gasteiger partial charge in [-0.1, -0.05) is 29.8 Å². The average Bonchev–Trinajstić information content (AvgIpc) is 2.91. The Morgan fingerprint density at radius 1 is 1.29 bits per heavy atom. The van der Waals surface area contributed by atoms with Crippen LogP contribution in [0.25, 0.3) is 0 Å². The predicted octanol–water partition coefficient (Wildman–Crippen LogP) is 3.63. The Labute approximate surface area is 147 Å². The standard InChI is InChI=1S/C16H21N3S.HI/c1-12-5-6-14(13(2)10-12)11-19-16(17)18-8-7-15-4-3-9-20-15;/h3-6,9-10H,7-8,11H2,1-2H3,(H3,17,18,19);1H. The second kappa shape index (κ2) is 9.04. The molecule has 0 atom stereocenters. The Kier molecular flexibility index (Phi) is 7.74. The third-order valence-corrected chi connectivity index (χ3v) is 4.11. The van der Waals surface area contributed by atoms with E-state index in [1.165, 1.54) is 21.6 Å². The number of nitrogens with two attached hydrogens (primary N) is 1. The molecule has 0 amide bonds. The van der Waals surface area contributed by atoms with Crippen LogP contribution in [0.4, 0.5) is 0 Å². The summed E-state index contributed by atoms with van der Waals surface area (Å²) >= 11 is 1.77. The molecule has 0 fully saturated rings. The zero-order valence-corrected chi connectivity index (χ0v) is 15.6. The van der Waals surface area contributed by atoms with Crippen LogP contribution in [0.3, 0.4) is 0 Å². The molecule has 114 valence electrons. The first-order valence-corrected chi connectivity index (χ1v) is 7.65. The van der Waals surface area contributed by atoms with E-state index in [1.807, 2.05) is 0 Å². The number of benzene rings is 1. The summed E-state index contributed by atoms with van der Waals surface area (Å²) in [6.07, 6.45) is 0.984. The maximum atomic E-state index is 5.88. The summed E-state index contributed by atoms with van der Waals surface area (Å²) in [7, 11) is 0. The van der Waals surface area contributed by atoms with Crippen molar-refractivity contribution in [2.24, 2.45) is 10.7 Å². The fraction of sp³-hybridized carbons (Fsp3) is 0.312. The van der Waals surface area contributed by atoms with E-state index >= 15 is 0 Å². The zero-order valence-electron chi connectivity index (χ0n) is 12.4. The highest BCUT2D eigenvalue weighted by Crippen LogP contribution is 2.11. The fourth-order valence-electron chi connectivity index (χ4n) is 2.02. The van der Waals surface area contributed by atoms with E-state index in [4.69, 9.17) is 5.73 Å². The largest absolute Gasteiger partial charge is 0.370 e. The highest BCUT2D eigenvalue weighted by atomic mass is 127. The van der Waals surface area contributed by atoms with Gasteiger partial charge >= 0.3 is 0 Å². The molecule has 3 nitrogen and oxygen atoms in total. The molecule has 0 unspecified atom stereocenters. The van der Waals surface area contributed by atoms with Crippen molar-refractivity contribution in [3.05, 3.63) is 57.3 Å². The van der Waals surface area contributed by atoms with Crippen molar-refractivity contribution in [2.75, 3.05) is 6.54 Å². The van der Waals surface area contributed by atoms with Crippen LogP contribution in [0.2, 0.25) is 0 Å². The highest BCUT2D eigenvalue weighted by molar-refractivity contribution is 14.0. The summed E-state index contributed by atoms with van der Waals surface area (Å²) in [4.78, 5) is 5.75. The first-order valence-electron chi connectivity index (χ1n) is 6.77. The summed E-state index contributed by atoms with van der Waals surface area (Å²) < 4.78 is 0. The molecule has 0 aliphatic carbocycles. The summed E-state index contributed by atoms with van der Waals surface area (Å²) in [5.41, 5.74) is 9.64. The Bertz CT molecular complexity index is 579. The molecule has 0 spiro atoms. The number of halogens is 1. The Morgan fingerprint density at radius 2 is 2.10 bits per heavy atom. The number of rotatable bonds is 5. The normalized spacial score (nSPS) is 11.0. The maximum Gasteiger partial charge on any atom is 0.188 e. The molecule has 5 heteroatoms. The topological polar surface area (TPSA) is 50.4 Å². The summed E-state index contributed by atoms with van der Waals surface area (Å²) in [5, 5.41) is 5.25. The minimum atomic E-state index is 0. The quantitative estimate of drug-likeness (QED) is 0.445. The molecule has 21 heavy (non-hydrogen) atoms. The first kappa shape index (κ1) is 18.0. The number of hydrogen-bond acceptors (Lipinski definition) is 2. The molecule has 0 aliphatic heterocycles. The second-order valence-corrected chi connectivity index (χ2v) is 5.92. The van der Waals surface area contributed by atoms with Gasteiger partial charge in [0.2, 0.25) is 0 Å². The van der Waals surface area contributed by atoms with Crippen LogP contribution < -0.4 is 11.1 Å². The van der Waals surface area contributed by atoms with E-state index in [-0.39, 0.29) is 24.0 Å². The first-order chi connectivity index (χ1) is 9.65. The summed E-state index contributed by atoms with van der Waals surface area (Å²) in [6, 6.07) is 10.6. The van der Waals surface area contributed by atoms with E-state index < -0.39 is 0 Å². The molecule has 2 aromatic rings. The van der Waals surface area contributed by atoms with Gasteiger partial charge in [0, 0.05) is 11.4 Å². The smallest absolute Gasteiger partial charge is 0.188 e. The van der Waals surface area contributed by atoms with E-state index in [0.717, 1.165) is 13.0 Å². The van der Waals surface area contributed by atoms with Crippen molar-refractivity contribution < 1.29 is 0 Å². The maximum absolute atomic E-state index is 5.88. The molecule has 1 heterocycles. The van der Waals surface area contributed by atoms with Crippen molar-refractivity contribution in [1.29, 1.82) is 0 Å². The lowest BCUT2D eigenvalue weighted by Gasteiger charge is -2.07. The summed E-state index contributed by atoms with van der Waals surface area (Å²) in [5.74, 6) is 0.515. The number of aliphatic imine (C=N–C) groups is 1. The number of guanidine groups is 1. The zero-order chi connectivity index (χ0) is 14.4. The van der Waals surface area contributed by atoms with Gasteiger partial charge in [-0.15, -0.1) is 35.3 Å². The molecule has 0 saturated carbocycles. The average molecular weight is 415 g/mol. The molecular formula is C16H22IN3S. The molecule has 1 aromatic heterocycles. The summed E-state index contributed by atoms with van der Waals surface area (Å²) in [6.45, 7) is 5.66. The van der Waals surface area contributed by atoms with Crippen molar-refractivity contribution >= 4 is 41.3 Å². The third-order valence-electron chi connectivity index (χ3n) is 3.18. The van der Waals surface area contributed by atoms with Gasteiger partial charge < -0.3 is 11.1 Å². The van der Waals surface area contributed by atoms with Gasteiger partial charge in [0.15, 0.2) is 5.96 Å². The van der Waals surface area contributed by atoms with Crippen LogP contribution in [0.1, 0.15) is 21.6 Å². The van der Waals surface area contributed by atoms with E-state index in [2.05, 4.69) is 59.9 Å². The van der Waals surface area contributed by atoms with Gasteiger partial charge in [-0.2, -0.15) is 0 Å². The molecule has 0 radical (unpaired) electrons. The van der Waals surface area contributed by atoms with Crippen LogP contribution in [0.15, 0.2) is 40.7 Å². The minimum absolute atomic E-state index is 0. The number of hydrogen-bond donors (Lipinski definition) is 2. The lowest BCUT2D eigenvalue weighted by molar-refractivity contribution is 0.856. The Balaban J connectivity index is 0.00000220. The van der Waals surface area contributed by atoms with Gasteiger partial charge in [0.05, 0.1) is 6.54 Å². The van der Waals surface area contributed by atoms with Crippen LogP contribution in [-0.2, 0) is 13.0 Å².